The molecule has 110 valence electrons. The predicted molar refractivity (Wildman–Crippen MR) is 77.3 cm³/mol. The molecule has 2 amide bonds. The Kier molecular flexibility index (Phi) is 4.24. The Balaban J connectivity index is 2.13. The van der Waals surface area contributed by atoms with Gasteiger partial charge in [-0.2, -0.15) is 10.5 Å². The van der Waals surface area contributed by atoms with Crippen molar-refractivity contribution in [2.75, 3.05) is 5.75 Å². The van der Waals surface area contributed by atoms with Crippen LogP contribution >= 0.6 is 11.8 Å². The van der Waals surface area contributed by atoms with E-state index in [0.717, 1.165) is 24.6 Å². The lowest BCUT2D eigenvalue weighted by molar-refractivity contribution is -0.125. The third-order valence-electron chi connectivity index (χ3n) is 3.62. The first-order chi connectivity index (χ1) is 9.90. The number of carbonyl (C=O) groups is 2. The van der Waals surface area contributed by atoms with Crippen LogP contribution < -0.4 is 10.6 Å². The molecule has 0 aromatic rings. The fraction of sp³-hybridized carbons (Fsp3) is 0.571. The van der Waals surface area contributed by atoms with Gasteiger partial charge in [0, 0.05) is 11.5 Å². The van der Waals surface area contributed by atoms with E-state index >= 15 is 0 Å². The van der Waals surface area contributed by atoms with Crippen molar-refractivity contribution in [3.05, 3.63) is 10.6 Å². The van der Waals surface area contributed by atoms with Gasteiger partial charge in [-0.05, 0) is 12.8 Å². The topological polar surface area (TPSA) is 106 Å². The molecule has 2 rings (SSSR count). The fourth-order valence-corrected chi connectivity index (χ4v) is 3.15. The second kappa shape index (κ2) is 5.79. The summed E-state index contributed by atoms with van der Waals surface area (Å²) in [6.45, 7) is 3.39. The smallest absolute Gasteiger partial charge is 0.243 e. The zero-order valence-corrected chi connectivity index (χ0v) is 12.7. The van der Waals surface area contributed by atoms with Crippen LogP contribution in [0.15, 0.2) is 10.6 Å². The Morgan fingerprint density at radius 1 is 1.48 bits per heavy atom. The largest absolute Gasteiger partial charge is 0.353 e. The Morgan fingerprint density at radius 3 is 2.67 bits per heavy atom. The van der Waals surface area contributed by atoms with E-state index in [2.05, 4.69) is 16.7 Å². The molecule has 0 bridgehead atoms. The number of nitriles is 2. The summed E-state index contributed by atoms with van der Waals surface area (Å²) >= 11 is 1.13. The van der Waals surface area contributed by atoms with Crippen molar-refractivity contribution in [1.82, 2.24) is 10.6 Å². The van der Waals surface area contributed by atoms with Crippen LogP contribution in [0.2, 0.25) is 0 Å². The summed E-state index contributed by atoms with van der Waals surface area (Å²) in [4.78, 5) is 23.6. The van der Waals surface area contributed by atoms with Gasteiger partial charge in [0.05, 0.1) is 28.5 Å². The van der Waals surface area contributed by atoms with Crippen molar-refractivity contribution in [2.45, 2.75) is 32.7 Å². The van der Waals surface area contributed by atoms with Gasteiger partial charge in [0.2, 0.25) is 11.8 Å². The number of amides is 2. The van der Waals surface area contributed by atoms with Gasteiger partial charge in [0.15, 0.2) is 0 Å². The van der Waals surface area contributed by atoms with Crippen molar-refractivity contribution >= 4 is 23.6 Å². The third kappa shape index (κ3) is 3.20. The van der Waals surface area contributed by atoms with Crippen LogP contribution in [-0.4, -0.2) is 23.6 Å². The molecule has 1 aliphatic heterocycles. The second-order valence-electron chi connectivity index (χ2n) is 5.72. The van der Waals surface area contributed by atoms with E-state index in [0.29, 0.717) is 10.6 Å². The van der Waals surface area contributed by atoms with Crippen LogP contribution in [0.1, 0.15) is 26.7 Å². The molecular formula is C14H16N4O2S. The molecule has 1 fully saturated rings. The summed E-state index contributed by atoms with van der Waals surface area (Å²) in [7, 11) is 0. The molecule has 1 saturated carbocycles. The third-order valence-corrected chi connectivity index (χ3v) is 4.62. The maximum atomic E-state index is 12.0. The van der Waals surface area contributed by atoms with Gasteiger partial charge >= 0.3 is 0 Å². The maximum absolute atomic E-state index is 12.0. The Bertz CT molecular complexity index is 593. The van der Waals surface area contributed by atoms with E-state index < -0.39 is 17.2 Å². The molecule has 0 saturated heterocycles. The molecule has 7 heteroatoms. The number of nitrogens with one attached hydrogen (secondary N) is 2. The monoisotopic (exact) mass is 304 g/mol. The lowest BCUT2D eigenvalue weighted by atomic mass is 9.72. The molecule has 2 aliphatic rings. The first-order valence-electron chi connectivity index (χ1n) is 6.67. The summed E-state index contributed by atoms with van der Waals surface area (Å²) in [6.07, 6.45) is 2.02. The molecule has 2 N–H and O–H groups in total. The van der Waals surface area contributed by atoms with Crippen LogP contribution in [0, 0.1) is 34.0 Å². The van der Waals surface area contributed by atoms with Gasteiger partial charge in [-0.15, -0.1) is 0 Å². The molecule has 1 heterocycles. The summed E-state index contributed by atoms with van der Waals surface area (Å²) < 4.78 is 0. The molecule has 0 aromatic carbocycles. The van der Waals surface area contributed by atoms with E-state index in [1.165, 1.54) is 0 Å². The number of nitrogens with zero attached hydrogens (tertiary/aromatic N) is 2. The molecule has 0 radical (unpaired) electrons. The highest BCUT2D eigenvalue weighted by molar-refractivity contribution is 8.03. The van der Waals surface area contributed by atoms with Crippen LogP contribution in [0.5, 0.6) is 0 Å². The Labute approximate surface area is 127 Å². The van der Waals surface area contributed by atoms with Crippen molar-refractivity contribution in [1.29, 1.82) is 10.5 Å². The van der Waals surface area contributed by atoms with E-state index in [-0.39, 0.29) is 17.7 Å². The lowest BCUT2D eigenvalue weighted by Gasteiger charge is -2.34. The lowest BCUT2D eigenvalue weighted by Crippen LogP contribution is -2.44. The van der Waals surface area contributed by atoms with Gasteiger partial charge in [-0.25, -0.2) is 0 Å². The van der Waals surface area contributed by atoms with Crippen molar-refractivity contribution in [2.24, 2.45) is 11.3 Å². The molecule has 0 aromatic heterocycles. The fourth-order valence-electron chi connectivity index (χ4n) is 2.17. The summed E-state index contributed by atoms with van der Waals surface area (Å²) in [5.74, 6) is -1.30. The van der Waals surface area contributed by atoms with Gasteiger partial charge < -0.3 is 10.6 Å². The Morgan fingerprint density at radius 2 is 2.14 bits per heavy atom. The highest BCUT2D eigenvalue weighted by Gasteiger charge is 2.44. The quantitative estimate of drug-likeness (QED) is 0.807. The molecule has 6 nitrogen and oxygen atoms in total. The van der Waals surface area contributed by atoms with Crippen LogP contribution in [0.25, 0.3) is 0 Å². The minimum Gasteiger partial charge on any atom is -0.353 e. The van der Waals surface area contributed by atoms with E-state index in [4.69, 9.17) is 5.26 Å². The van der Waals surface area contributed by atoms with Crippen LogP contribution in [0.4, 0.5) is 0 Å². The van der Waals surface area contributed by atoms with Crippen molar-refractivity contribution in [3.8, 4) is 12.1 Å². The van der Waals surface area contributed by atoms with Crippen molar-refractivity contribution < 1.29 is 9.59 Å². The molecule has 0 unspecified atom stereocenters. The van der Waals surface area contributed by atoms with E-state index in [1.807, 2.05) is 6.07 Å². The number of allylic oxidation sites excluding steroid dienone is 1. The first kappa shape index (κ1) is 15.4. The number of rotatable bonds is 4. The SMILES string of the molecule is CC1(C)C(C#N)=C(SCC(=O)NC2CC2)NC(=O)[C@@H]1C#N. The molecule has 1 atom stereocenters. The highest BCUT2D eigenvalue weighted by Crippen LogP contribution is 2.41. The van der Waals surface area contributed by atoms with Gasteiger partial charge in [-0.1, -0.05) is 25.6 Å². The van der Waals surface area contributed by atoms with E-state index in [1.54, 1.807) is 13.8 Å². The normalized spacial score (nSPS) is 23.8. The highest BCUT2D eigenvalue weighted by atomic mass is 32.2. The van der Waals surface area contributed by atoms with Gasteiger partial charge in [-0.3, -0.25) is 9.59 Å². The zero-order chi connectivity index (χ0) is 15.6. The molecular weight excluding hydrogens is 288 g/mol. The number of carbonyl (C=O) groups excluding carboxylic acids is 2. The minimum absolute atomic E-state index is 0.109. The van der Waals surface area contributed by atoms with Crippen molar-refractivity contribution in [3.63, 3.8) is 0 Å². The summed E-state index contributed by atoms with van der Waals surface area (Å²) in [5.41, 5.74) is -0.515. The standard InChI is InChI=1S/C14H16N4O2S/c1-14(2)9(5-15)12(20)18-13(10(14)6-16)21-7-11(19)17-8-3-4-8/h8-9H,3-4,7H2,1-2H3,(H,17,19)(H,18,20)/t9-/m0/s1. The Hall–Kier alpha value is -1.99. The van der Waals surface area contributed by atoms with Crippen LogP contribution in [-0.2, 0) is 9.59 Å². The number of thioether (sulfide) groups is 1. The molecule has 1 aliphatic carbocycles. The summed E-state index contributed by atoms with van der Waals surface area (Å²) in [5, 5.41) is 24.2. The minimum atomic E-state index is -0.906. The first-order valence-corrected chi connectivity index (χ1v) is 7.66. The second-order valence-corrected chi connectivity index (χ2v) is 6.71. The van der Waals surface area contributed by atoms with Gasteiger partial charge in [0.1, 0.15) is 5.92 Å². The molecule has 0 spiro atoms. The van der Waals surface area contributed by atoms with Crippen LogP contribution in [0.3, 0.4) is 0 Å². The van der Waals surface area contributed by atoms with E-state index in [9.17, 15) is 14.9 Å². The van der Waals surface area contributed by atoms with Gasteiger partial charge in [0.25, 0.3) is 0 Å². The zero-order valence-electron chi connectivity index (χ0n) is 11.9. The molecule has 21 heavy (non-hydrogen) atoms. The predicted octanol–water partition coefficient (Wildman–Crippen LogP) is 1.03. The maximum Gasteiger partial charge on any atom is 0.243 e. The average Bonchev–Trinajstić information content (AvgIpc) is 3.19. The number of hydrogen-bond donors (Lipinski definition) is 2. The summed E-state index contributed by atoms with van der Waals surface area (Å²) in [6, 6.07) is 4.29. The average molecular weight is 304 g/mol. The number of hydrogen-bond acceptors (Lipinski definition) is 5.